The Hall–Kier alpha value is -3.92. The van der Waals surface area contributed by atoms with E-state index < -0.39 is 17.8 Å². The van der Waals surface area contributed by atoms with Crippen molar-refractivity contribution in [1.29, 1.82) is 0 Å². The second-order valence-electron chi connectivity index (χ2n) is 9.27. The van der Waals surface area contributed by atoms with Gasteiger partial charge in [0, 0.05) is 10.6 Å². The molecule has 7 nitrogen and oxygen atoms in total. The smallest absolute Gasteiger partial charge is 0.338 e. The molecule has 42 heavy (non-hydrogen) atoms. The Labute approximate surface area is 254 Å². The fraction of sp³-hybridized carbons (Fsp3) is 0.194. The monoisotopic (exact) mass is 626 g/mol. The van der Waals surface area contributed by atoms with Gasteiger partial charge in [-0.15, -0.1) is 0 Å². The van der Waals surface area contributed by atoms with E-state index in [1.165, 1.54) is 23.8 Å². The highest BCUT2D eigenvalue weighted by molar-refractivity contribution is 7.07. The van der Waals surface area contributed by atoms with E-state index in [1.807, 2.05) is 18.2 Å². The van der Waals surface area contributed by atoms with Crippen molar-refractivity contribution in [2.24, 2.45) is 4.99 Å². The van der Waals surface area contributed by atoms with Gasteiger partial charge < -0.3 is 14.2 Å². The minimum atomic E-state index is -0.846. The lowest BCUT2D eigenvalue weighted by Gasteiger charge is -2.24. The average Bonchev–Trinajstić information content (AvgIpc) is 3.26. The first-order valence-electron chi connectivity index (χ1n) is 12.9. The van der Waals surface area contributed by atoms with Gasteiger partial charge in [0.25, 0.3) is 5.56 Å². The molecule has 0 saturated heterocycles. The number of carbonyl (C=O) groups excluding carboxylic acids is 1. The molecule has 2 heterocycles. The van der Waals surface area contributed by atoms with Gasteiger partial charge >= 0.3 is 5.97 Å². The van der Waals surface area contributed by atoms with Gasteiger partial charge in [0.2, 0.25) is 0 Å². The summed E-state index contributed by atoms with van der Waals surface area (Å²) in [6, 6.07) is 15.5. The number of ether oxygens (including phenoxy) is 3. The molecule has 4 aromatic rings. The van der Waals surface area contributed by atoms with Crippen LogP contribution in [0.5, 0.6) is 11.5 Å². The molecule has 1 aromatic heterocycles. The molecule has 0 fully saturated rings. The van der Waals surface area contributed by atoms with Crippen LogP contribution in [0.25, 0.3) is 6.08 Å². The van der Waals surface area contributed by atoms with E-state index in [1.54, 1.807) is 50.3 Å². The number of allylic oxidation sites excluding steroid dienone is 1. The van der Waals surface area contributed by atoms with Crippen LogP contribution in [0.4, 0.5) is 4.39 Å². The molecule has 1 atom stereocenters. The predicted octanol–water partition coefficient (Wildman–Crippen LogP) is 5.83. The molecule has 0 unspecified atom stereocenters. The van der Waals surface area contributed by atoms with E-state index in [0.29, 0.717) is 42.7 Å². The number of rotatable bonds is 8. The number of hydrogen-bond donors (Lipinski definition) is 0. The molecule has 3 aromatic carbocycles. The van der Waals surface area contributed by atoms with Crippen LogP contribution in [0.2, 0.25) is 10.0 Å². The SMILES string of the molecule is CCOC(=O)C1=C(C)N=c2s/c(=C\c3cc(Cl)c(OCc4ccccc4Cl)c(OC)c3)c(=O)n2[C@H]1c1ccc(F)cc1. The molecule has 0 saturated carbocycles. The Morgan fingerprint density at radius 3 is 2.55 bits per heavy atom. The first kappa shape index (κ1) is 29.6. The molecule has 1 aliphatic rings. The van der Waals surface area contributed by atoms with Crippen LogP contribution in [-0.2, 0) is 16.1 Å². The first-order chi connectivity index (χ1) is 20.2. The Morgan fingerprint density at radius 2 is 1.86 bits per heavy atom. The molecular formula is C31H25Cl2FN2O5S. The number of nitrogens with zero attached hydrogens (tertiary/aromatic N) is 2. The van der Waals surface area contributed by atoms with Crippen molar-refractivity contribution in [3.8, 4) is 11.5 Å². The number of halogens is 3. The molecule has 0 aliphatic carbocycles. The number of esters is 1. The number of fused-ring (bicyclic) bond motifs is 1. The molecule has 216 valence electrons. The highest BCUT2D eigenvalue weighted by atomic mass is 35.5. The Kier molecular flexibility index (Phi) is 8.82. The summed E-state index contributed by atoms with van der Waals surface area (Å²) in [5, 5.41) is 0.852. The van der Waals surface area contributed by atoms with Crippen LogP contribution in [-0.4, -0.2) is 24.3 Å². The summed E-state index contributed by atoms with van der Waals surface area (Å²) >= 11 is 14.0. The number of aromatic nitrogens is 1. The topological polar surface area (TPSA) is 79.1 Å². The summed E-state index contributed by atoms with van der Waals surface area (Å²) in [4.78, 5) is 31.8. The molecule has 0 amide bonds. The van der Waals surface area contributed by atoms with Gasteiger partial charge in [0.15, 0.2) is 16.3 Å². The zero-order valence-electron chi connectivity index (χ0n) is 22.8. The molecule has 0 bridgehead atoms. The van der Waals surface area contributed by atoms with E-state index in [0.717, 1.165) is 16.9 Å². The zero-order valence-corrected chi connectivity index (χ0v) is 25.1. The third kappa shape index (κ3) is 5.86. The number of benzene rings is 3. The average molecular weight is 628 g/mol. The maximum atomic E-state index is 13.8. The lowest BCUT2D eigenvalue weighted by atomic mass is 9.96. The normalized spacial score (nSPS) is 14.8. The minimum absolute atomic E-state index is 0.150. The first-order valence-corrected chi connectivity index (χ1v) is 14.5. The molecule has 0 spiro atoms. The van der Waals surface area contributed by atoms with E-state index in [9.17, 15) is 14.0 Å². The van der Waals surface area contributed by atoms with Crippen LogP contribution >= 0.6 is 34.5 Å². The van der Waals surface area contributed by atoms with Crippen LogP contribution in [0.1, 0.15) is 36.6 Å². The summed E-state index contributed by atoms with van der Waals surface area (Å²) in [6.07, 6.45) is 1.67. The van der Waals surface area contributed by atoms with Gasteiger partial charge in [-0.05, 0) is 61.4 Å². The maximum Gasteiger partial charge on any atom is 0.338 e. The van der Waals surface area contributed by atoms with E-state index in [4.69, 9.17) is 37.4 Å². The fourth-order valence-corrected chi connectivity index (χ4v) is 6.14. The molecule has 0 N–H and O–H groups in total. The van der Waals surface area contributed by atoms with Crippen LogP contribution in [0, 0.1) is 5.82 Å². The summed E-state index contributed by atoms with van der Waals surface area (Å²) in [5.74, 6) is -0.317. The fourth-order valence-electron chi connectivity index (χ4n) is 4.63. The van der Waals surface area contributed by atoms with Crippen molar-refractivity contribution >= 4 is 46.6 Å². The number of carbonyl (C=O) groups is 1. The highest BCUT2D eigenvalue weighted by Gasteiger charge is 2.33. The van der Waals surface area contributed by atoms with Crippen LogP contribution in [0.3, 0.4) is 0 Å². The van der Waals surface area contributed by atoms with Crippen molar-refractivity contribution in [3.05, 3.63) is 124 Å². The van der Waals surface area contributed by atoms with Gasteiger partial charge in [0.1, 0.15) is 12.4 Å². The second kappa shape index (κ2) is 12.5. The van der Waals surface area contributed by atoms with Gasteiger partial charge in [-0.3, -0.25) is 9.36 Å². The summed E-state index contributed by atoms with van der Waals surface area (Å²) < 4.78 is 32.3. The van der Waals surface area contributed by atoms with Crippen molar-refractivity contribution in [2.45, 2.75) is 26.5 Å². The number of thiazole rings is 1. The van der Waals surface area contributed by atoms with E-state index in [-0.39, 0.29) is 29.4 Å². The molecule has 5 rings (SSSR count). The van der Waals surface area contributed by atoms with Crippen molar-refractivity contribution in [2.75, 3.05) is 13.7 Å². The molecule has 1 aliphatic heterocycles. The molecule has 0 radical (unpaired) electrons. The van der Waals surface area contributed by atoms with E-state index >= 15 is 0 Å². The zero-order chi connectivity index (χ0) is 30.0. The highest BCUT2D eigenvalue weighted by Crippen LogP contribution is 2.37. The van der Waals surface area contributed by atoms with Crippen molar-refractivity contribution < 1.29 is 23.4 Å². The van der Waals surface area contributed by atoms with Crippen LogP contribution < -0.4 is 24.4 Å². The summed E-state index contributed by atoms with van der Waals surface area (Å²) in [6.45, 7) is 3.71. The Morgan fingerprint density at radius 1 is 1.12 bits per heavy atom. The van der Waals surface area contributed by atoms with Crippen molar-refractivity contribution in [3.63, 3.8) is 0 Å². The Bertz CT molecular complexity index is 1880. The summed E-state index contributed by atoms with van der Waals surface area (Å²) in [5.41, 5.74) is 2.18. The van der Waals surface area contributed by atoms with Gasteiger partial charge in [0.05, 0.1) is 40.6 Å². The lowest BCUT2D eigenvalue weighted by Crippen LogP contribution is -2.39. The van der Waals surface area contributed by atoms with Crippen LogP contribution in [0.15, 0.2) is 81.7 Å². The van der Waals surface area contributed by atoms with Crippen molar-refractivity contribution in [1.82, 2.24) is 4.57 Å². The van der Waals surface area contributed by atoms with Gasteiger partial charge in [-0.2, -0.15) is 0 Å². The predicted molar refractivity (Wildman–Crippen MR) is 161 cm³/mol. The van der Waals surface area contributed by atoms with Gasteiger partial charge in [-0.25, -0.2) is 14.2 Å². The Balaban J connectivity index is 1.58. The third-order valence-electron chi connectivity index (χ3n) is 6.58. The second-order valence-corrected chi connectivity index (χ2v) is 11.1. The quantitative estimate of drug-likeness (QED) is 0.230. The third-order valence-corrected chi connectivity index (χ3v) is 8.21. The molecular weight excluding hydrogens is 602 g/mol. The summed E-state index contributed by atoms with van der Waals surface area (Å²) in [7, 11) is 1.49. The lowest BCUT2D eigenvalue weighted by molar-refractivity contribution is -0.139. The number of methoxy groups -OCH3 is 1. The standard InChI is InChI=1S/C31H25Cl2FN2O5S/c1-4-40-30(38)26-17(2)35-31-36(27(26)19-9-11-21(34)12-10-19)29(37)25(42-31)15-18-13-23(33)28(24(14-18)39-3)41-16-20-7-5-6-8-22(20)32/h5-15,27H,4,16H2,1-3H3/b25-15-/t27-/m0/s1. The van der Waals surface area contributed by atoms with Gasteiger partial charge in [-0.1, -0.05) is 64.9 Å². The maximum absolute atomic E-state index is 13.8. The minimum Gasteiger partial charge on any atom is -0.493 e. The van der Waals surface area contributed by atoms with E-state index in [2.05, 4.69) is 4.99 Å². The number of hydrogen-bond acceptors (Lipinski definition) is 7. The molecule has 11 heteroatoms. The largest absolute Gasteiger partial charge is 0.493 e.